The van der Waals surface area contributed by atoms with Crippen molar-refractivity contribution >= 4 is 21.6 Å². The number of ether oxygens (including phenoxy) is 2. The van der Waals surface area contributed by atoms with Gasteiger partial charge >= 0.3 is 0 Å². The molecule has 0 saturated heterocycles. The molecule has 0 bridgehead atoms. The molecule has 0 fully saturated rings. The predicted octanol–water partition coefficient (Wildman–Crippen LogP) is 4.36. The number of rotatable bonds is 3. The molecule has 0 amide bonds. The first-order valence-corrected chi connectivity index (χ1v) is 7.59. The van der Waals surface area contributed by atoms with Gasteiger partial charge in [-0.25, -0.2) is 4.39 Å². The average molecular weight is 352 g/mol. The van der Waals surface area contributed by atoms with Crippen molar-refractivity contribution in [2.24, 2.45) is 0 Å². The Morgan fingerprint density at radius 2 is 1.86 bits per heavy atom. The molecule has 1 heterocycles. The zero-order chi connectivity index (χ0) is 14.7. The molecule has 0 aliphatic carbocycles. The molecule has 0 saturated carbocycles. The molecule has 5 heteroatoms. The van der Waals surface area contributed by atoms with Gasteiger partial charge in [-0.05, 0) is 30.3 Å². The molecule has 21 heavy (non-hydrogen) atoms. The average Bonchev–Trinajstić information content (AvgIpc) is 2.73. The molecule has 0 aromatic heterocycles. The Morgan fingerprint density at radius 3 is 2.71 bits per heavy atom. The zero-order valence-corrected chi connectivity index (χ0v) is 13.0. The summed E-state index contributed by atoms with van der Waals surface area (Å²) in [4.78, 5) is 0. The van der Waals surface area contributed by atoms with Crippen LogP contribution in [0.4, 0.5) is 10.1 Å². The molecule has 2 aromatic rings. The Labute approximate surface area is 131 Å². The van der Waals surface area contributed by atoms with E-state index in [0.717, 1.165) is 28.1 Å². The van der Waals surface area contributed by atoms with Crippen molar-refractivity contribution in [1.82, 2.24) is 0 Å². The molecule has 1 N–H and O–H groups in total. The van der Waals surface area contributed by atoms with Gasteiger partial charge in [-0.2, -0.15) is 0 Å². The molecular weight excluding hydrogens is 337 g/mol. The lowest BCUT2D eigenvalue weighted by Gasteiger charge is -2.11. The van der Waals surface area contributed by atoms with Gasteiger partial charge < -0.3 is 14.8 Å². The summed E-state index contributed by atoms with van der Waals surface area (Å²) in [7, 11) is 0. The quantitative estimate of drug-likeness (QED) is 0.890. The Kier molecular flexibility index (Phi) is 4.29. The van der Waals surface area contributed by atoms with Crippen LogP contribution in [-0.4, -0.2) is 13.2 Å². The van der Waals surface area contributed by atoms with Gasteiger partial charge in [0, 0.05) is 34.8 Å². The van der Waals surface area contributed by atoms with Crippen LogP contribution in [0.2, 0.25) is 0 Å². The minimum Gasteiger partial charge on any atom is -0.490 e. The second kappa shape index (κ2) is 6.35. The fraction of sp³-hybridized carbons (Fsp3) is 0.250. The second-order valence-corrected chi connectivity index (χ2v) is 5.72. The second-order valence-electron chi connectivity index (χ2n) is 4.80. The van der Waals surface area contributed by atoms with Crippen LogP contribution in [0, 0.1) is 5.82 Å². The van der Waals surface area contributed by atoms with E-state index in [9.17, 15) is 4.39 Å². The van der Waals surface area contributed by atoms with Gasteiger partial charge in [-0.1, -0.05) is 15.9 Å². The number of hydrogen-bond acceptors (Lipinski definition) is 3. The molecule has 0 unspecified atom stereocenters. The highest BCUT2D eigenvalue weighted by molar-refractivity contribution is 9.10. The standard InChI is InChI=1S/C16H15BrFNO2/c17-12-2-4-14(18)11(8-12)10-19-13-3-5-15-16(9-13)21-7-1-6-20-15/h2-5,8-9,19H,1,6-7,10H2. The Hall–Kier alpha value is -1.75. The van der Waals surface area contributed by atoms with E-state index < -0.39 is 0 Å². The van der Waals surface area contributed by atoms with Crippen molar-refractivity contribution in [2.45, 2.75) is 13.0 Å². The van der Waals surface area contributed by atoms with E-state index in [1.807, 2.05) is 18.2 Å². The van der Waals surface area contributed by atoms with Crippen LogP contribution in [0.1, 0.15) is 12.0 Å². The fourth-order valence-corrected chi connectivity index (χ4v) is 2.56. The summed E-state index contributed by atoms with van der Waals surface area (Å²) < 4.78 is 25.8. The Balaban J connectivity index is 1.73. The maximum Gasteiger partial charge on any atom is 0.163 e. The molecule has 2 aromatic carbocycles. The third-order valence-electron chi connectivity index (χ3n) is 3.24. The smallest absolute Gasteiger partial charge is 0.163 e. The Bertz CT molecular complexity index is 648. The summed E-state index contributed by atoms with van der Waals surface area (Å²) in [6.07, 6.45) is 0.876. The van der Waals surface area contributed by atoms with Gasteiger partial charge in [0.05, 0.1) is 13.2 Å². The highest BCUT2D eigenvalue weighted by Crippen LogP contribution is 2.32. The van der Waals surface area contributed by atoms with Crippen molar-refractivity contribution in [3.8, 4) is 11.5 Å². The van der Waals surface area contributed by atoms with Crippen LogP contribution < -0.4 is 14.8 Å². The molecule has 1 aliphatic heterocycles. The van der Waals surface area contributed by atoms with Gasteiger partial charge in [0.25, 0.3) is 0 Å². The summed E-state index contributed by atoms with van der Waals surface area (Å²) in [5.41, 5.74) is 1.48. The van der Waals surface area contributed by atoms with E-state index in [1.165, 1.54) is 6.07 Å². The molecule has 110 valence electrons. The molecule has 0 radical (unpaired) electrons. The lowest BCUT2D eigenvalue weighted by Crippen LogP contribution is -2.02. The van der Waals surface area contributed by atoms with E-state index in [4.69, 9.17) is 9.47 Å². The van der Waals surface area contributed by atoms with Crippen molar-refractivity contribution in [3.63, 3.8) is 0 Å². The largest absolute Gasteiger partial charge is 0.490 e. The lowest BCUT2D eigenvalue weighted by molar-refractivity contribution is 0.297. The van der Waals surface area contributed by atoms with Crippen LogP contribution in [0.15, 0.2) is 40.9 Å². The molecule has 3 nitrogen and oxygen atoms in total. The van der Waals surface area contributed by atoms with Crippen LogP contribution in [0.5, 0.6) is 11.5 Å². The van der Waals surface area contributed by atoms with Crippen LogP contribution >= 0.6 is 15.9 Å². The first-order chi connectivity index (χ1) is 10.2. The van der Waals surface area contributed by atoms with E-state index in [0.29, 0.717) is 25.3 Å². The van der Waals surface area contributed by atoms with E-state index >= 15 is 0 Å². The van der Waals surface area contributed by atoms with E-state index in [1.54, 1.807) is 12.1 Å². The molecule has 0 spiro atoms. The van der Waals surface area contributed by atoms with Gasteiger partial charge in [-0.15, -0.1) is 0 Å². The summed E-state index contributed by atoms with van der Waals surface area (Å²) >= 11 is 3.35. The van der Waals surface area contributed by atoms with E-state index in [2.05, 4.69) is 21.2 Å². The van der Waals surface area contributed by atoms with Gasteiger partial charge in [0.15, 0.2) is 11.5 Å². The SMILES string of the molecule is Fc1ccc(Br)cc1CNc1ccc2c(c1)OCCCO2. The first kappa shape index (κ1) is 14.2. The number of fused-ring (bicyclic) bond motifs is 1. The first-order valence-electron chi connectivity index (χ1n) is 6.80. The maximum atomic E-state index is 13.7. The normalized spacial score (nSPS) is 13.6. The van der Waals surface area contributed by atoms with Gasteiger partial charge in [0.2, 0.25) is 0 Å². The number of nitrogens with one attached hydrogen (secondary N) is 1. The van der Waals surface area contributed by atoms with Gasteiger partial charge in [0.1, 0.15) is 5.82 Å². The summed E-state index contributed by atoms with van der Waals surface area (Å²) in [6, 6.07) is 10.6. The summed E-state index contributed by atoms with van der Waals surface area (Å²) in [5.74, 6) is 1.26. The highest BCUT2D eigenvalue weighted by Gasteiger charge is 2.11. The van der Waals surface area contributed by atoms with Crippen LogP contribution in [0.25, 0.3) is 0 Å². The van der Waals surface area contributed by atoms with Crippen molar-refractivity contribution in [1.29, 1.82) is 0 Å². The molecule has 1 aliphatic rings. The third kappa shape index (κ3) is 3.47. The minimum absolute atomic E-state index is 0.222. The van der Waals surface area contributed by atoms with Crippen LogP contribution in [0.3, 0.4) is 0 Å². The van der Waals surface area contributed by atoms with Crippen LogP contribution in [-0.2, 0) is 6.54 Å². The van der Waals surface area contributed by atoms with Gasteiger partial charge in [-0.3, -0.25) is 0 Å². The van der Waals surface area contributed by atoms with Crippen molar-refractivity contribution in [2.75, 3.05) is 18.5 Å². The maximum absolute atomic E-state index is 13.7. The number of halogens is 2. The lowest BCUT2D eigenvalue weighted by atomic mass is 10.2. The number of benzene rings is 2. The number of hydrogen-bond donors (Lipinski definition) is 1. The molecule has 3 rings (SSSR count). The fourth-order valence-electron chi connectivity index (χ4n) is 2.15. The topological polar surface area (TPSA) is 30.5 Å². The predicted molar refractivity (Wildman–Crippen MR) is 83.5 cm³/mol. The van der Waals surface area contributed by atoms with Crippen molar-refractivity contribution in [3.05, 3.63) is 52.3 Å². The molecule has 0 atom stereocenters. The number of anilines is 1. The highest BCUT2D eigenvalue weighted by atomic mass is 79.9. The third-order valence-corrected chi connectivity index (χ3v) is 3.73. The minimum atomic E-state index is -0.222. The molecular formula is C16H15BrFNO2. The monoisotopic (exact) mass is 351 g/mol. The van der Waals surface area contributed by atoms with E-state index in [-0.39, 0.29) is 5.82 Å². The summed E-state index contributed by atoms with van der Waals surface area (Å²) in [6.45, 7) is 1.73. The summed E-state index contributed by atoms with van der Waals surface area (Å²) in [5, 5.41) is 3.20. The zero-order valence-electron chi connectivity index (χ0n) is 11.4. The Morgan fingerprint density at radius 1 is 1.05 bits per heavy atom. The van der Waals surface area contributed by atoms with Crippen molar-refractivity contribution < 1.29 is 13.9 Å².